The van der Waals surface area contributed by atoms with E-state index in [0.717, 1.165) is 12.1 Å². The number of aromatic nitrogens is 2. The summed E-state index contributed by atoms with van der Waals surface area (Å²) < 4.78 is 0. The number of aliphatic hydroxyl groups excluding tert-OH is 1. The summed E-state index contributed by atoms with van der Waals surface area (Å²) in [5, 5.41) is 16.3. The number of hydrogen-bond acceptors (Lipinski definition) is 3. The lowest BCUT2D eigenvalue weighted by molar-refractivity contribution is 0.0774. The van der Waals surface area contributed by atoms with Gasteiger partial charge in [-0.15, -0.1) is 0 Å². The molecule has 2 heterocycles. The number of likely N-dealkylation sites (tertiary alicyclic amines) is 1. The van der Waals surface area contributed by atoms with Gasteiger partial charge in [0.25, 0.3) is 5.91 Å². The fourth-order valence-electron chi connectivity index (χ4n) is 2.62. The standard InChI is InChI=1S/C14H23N3O2/c1-9(2)4-12-5-13(16-15-12)14(19)17-6-10(3)11(7-17)8-18/h5,9-11,18H,4,6-8H2,1-3H3,(H,15,16)/t10-,11+/m1/s1. The second-order valence-corrected chi connectivity index (χ2v) is 6.01. The van der Waals surface area contributed by atoms with Crippen molar-refractivity contribution in [3.8, 4) is 0 Å². The summed E-state index contributed by atoms with van der Waals surface area (Å²) in [6.45, 7) is 7.82. The molecule has 1 aliphatic heterocycles. The SMILES string of the molecule is CC(C)Cc1cc(C(=O)N2C[C@@H](CO)[C@H](C)C2)n[nH]1. The van der Waals surface area contributed by atoms with Crippen LogP contribution in [-0.2, 0) is 6.42 Å². The molecule has 1 aliphatic rings. The molecular formula is C14H23N3O2. The monoisotopic (exact) mass is 265 g/mol. The van der Waals surface area contributed by atoms with E-state index in [-0.39, 0.29) is 18.4 Å². The molecule has 2 atom stereocenters. The topological polar surface area (TPSA) is 69.2 Å². The Balaban J connectivity index is 2.02. The van der Waals surface area contributed by atoms with E-state index < -0.39 is 0 Å². The minimum Gasteiger partial charge on any atom is -0.396 e. The Morgan fingerprint density at radius 2 is 2.32 bits per heavy atom. The molecule has 1 fully saturated rings. The number of aliphatic hydroxyl groups is 1. The number of nitrogens with one attached hydrogen (secondary N) is 1. The summed E-state index contributed by atoms with van der Waals surface area (Å²) in [5.41, 5.74) is 1.49. The number of H-pyrrole nitrogens is 1. The number of carbonyl (C=O) groups excluding carboxylic acids is 1. The zero-order valence-electron chi connectivity index (χ0n) is 11.9. The Kier molecular flexibility index (Phi) is 4.24. The summed E-state index contributed by atoms with van der Waals surface area (Å²) in [4.78, 5) is 14.1. The van der Waals surface area contributed by atoms with Crippen molar-refractivity contribution in [2.45, 2.75) is 27.2 Å². The lowest BCUT2D eigenvalue weighted by Gasteiger charge is -2.14. The maximum Gasteiger partial charge on any atom is 0.274 e. The van der Waals surface area contributed by atoms with Gasteiger partial charge in [-0.2, -0.15) is 5.10 Å². The Hall–Kier alpha value is -1.36. The van der Waals surface area contributed by atoms with Crippen LogP contribution in [0.1, 0.15) is 37.0 Å². The van der Waals surface area contributed by atoms with Crippen LogP contribution in [-0.4, -0.2) is 45.8 Å². The average Bonchev–Trinajstić information content (AvgIpc) is 2.94. The largest absolute Gasteiger partial charge is 0.396 e. The number of aromatic amines is 1. The van der Waals surface area contributed by atoms with Gasteiger partial charge in [-0.25, -0.2) is 0 Å². The molecule has 1 saturated heterocycles. The second kappa shape index (κ2) is 5.74. The van der Waals surface area contributed by atoms with Gasteiger partial charge in [0.05, 0.1) is 0 Å². The van der Waals surface area contributed by atoms with Crippen molar-refractivity contribution in [2.75, 3.05) is 19.7 Å². The molecule has 2 N–H and O–H groups in total. The van der Waals surface area contributed by atoms with Gasteiger partial charge in [0.15, 0.2) is 0 Å². The van der Waals surface area contributed by atoms with Crippen molar-refractivity contribution < 1.29 is 9.90 Å². The summed E-state index contributed by atoms with van der Waals surface area (Å²) in [6, 6.07) is 1.85. The van der Waals surface area contributed by atoms with Gasteiger partial charge in [0.2, 0.25) is 0 Å². The quantitative estimate of drug-likeness (QED) is 0.862. The number of hydrogen-bond donors (Lipinski definition) is 2. The third kappa shape index (κ3) is 3.15. The molecular weight excluding hydrogens is 242 g/mol. The third-order valence-electron chi connectivity index (χ3n) is 3.77. The first kappa shape index (κ1) is 14.1. The number of carbonyl (C=O) groups is 1. The van der Waals surface area contributed by atoms with Gasteiger partial charge in [-0.1, -0.05) is 20.8 Å². The van der Waals surface area contributed by atoms with Crippen LogP contribution in [0, 0.1) is 17.8 Å². The van der Waals surface area contributed by atoms with E-state index in [2.05, 4.69) is 31.0 Å². The summed E-state index contributed by atoms with van der Waals surface area (Å²) in [7, 11) is 0. The highest BCUT2D eigenvalue weighted by molar-refractivity contribution is 5.92. The molecule has 1 aromatic rings. The molecule has 5 nitrogen and oxygen atoms in total. The maximum atomic E-state index is 12.3. The molecule has 0 spiro atoms. The van der Waals surface area contributed by atoms with Crippen LogP contribution >= 0.6 is 0 Å². The molecule has 5 heteroatoms. The van der Waals surface area contributed by atoms with Gasteiger partial charge in [0, 0.05) is 31.3 Å². The molecule has 2 rings (SSSR count). The summed E-state index contributed by atoms with van der Waals surface area (Å²) in [6.07, 6.45) is 0.899. The Bertz CT molecular complexity index is 442. The summed E-state index contributed by atoms with van der Waals surface area (Å²) >= 11 is 0. The van der Waals surface area contributed by atoms with Crippen LogP contribution in [0.15, 0.2) is 6.07 Å². The maximum absolute atomic E-state index is 12.3. The predicted octanol–water partition coefficient (Wildman–Crippen LogP) is 1.31. The molecule has 0 bridgehead atoms. The van der Waals surface area contributed by atoms with Crippen molar-refractivity contribution in [3.05, 3.63) is 17.5 Å². The van der Waals surface area contributed by atoms with Crippen molar-refractivity contribution in [3.63, 3.8) is 0 Å². The predicted molar refractivity (Wildman–Crippen MR) is 72.8 cm³/mol. The van der Waals surface area contributed by atoms with E-state index >= 15 is 0 Å². The highest BCUT2D eigenvalue weighted by Crippen LogP contribution is 2.23. The zero-order valence-corrected chi connectivity index (χ0v) is 11.9. The van der Waals surface area contributed by atoms with Crippen molar-refractivity contribution in [1.29, 1.82) is 0 Å². The lowest BCUT2D eigenvalue weighted by atomic mass is 10.00. The zero-order chi connectivity index (χ0) is 14.0. The number of amides is 1. The van der Waals surface area contributed by atoms with Gasteiger partial charge >= 0.3 is 0 Å². The molecule has 0 radical (unpaired) electrons. The first-order chi connectivity index (χ1) is 9.01. The Morgan fingerprint density at radius 3 is 2.89 bits per heavy atom. The minimum atomic E-state index is -0.0333. The van der Waals surface area contributed by atoms with Crippen LogP contribution in [0.25, 0.3) is 0 Å². The Labute approximate surface area is 114 Å². The van der Waals surface area contributed by atoms with Crippen LogP contribution in [0.2, 0.25) is 0 Å². The lowest BCUT2D eigenvalue weighted by Crippen LogP contribution is -2.29. The fourth-order valence-corrected chi connectivity index (χ4v) is 2.62. The van der Waals surface area contributed by atoms with Crippen molar-refractivity contribution >= 4 is 5.91 Å². The van der Waals surface area contributed by atoms with Gasteiger partial charge in [-0.3, -0.25) is 9.89 Å². The smallest absolute Gasteiger partial charge is 0.274 e. The molecule has 0 aliphatic carbocycles. The van der Waals surface area contributed by atoms with Gasteiger partial charge in [-0.05, 0) is 24.3 Å². The van der Waals surface area contributed by atoms with Crippen molar-refractivity contribution in [2.24, 2.45) is 17.8 Å². The number of rotatable bonds is 4. The van der Waals surface area contributed by atoms with E-state index in [1.54, 1.807) is 4.90 Å². The highest BCUT2D eigenvalue weighted by Gasteiger charge is 2.33. The summed E-state index contributed by atoms with van der Waals surface area (Å²) in [5.74, 6) is 1.05. The minimum absolute atomic E-state index is 0.0333. The molecule has 19 heavy (non-hydrogen) atoms. The van der Waals surface area contributed by atoms with E-state index in [4.69, 9.17) is 0 Å². The van der Waals surface area contributed by atoms with Crippen LogP contribution in [0.5, 0.6) is 0 Å². The molecule has 0 aromatic carbocycles. The molecule has 0 saturated carbocycles. The normalized spacial score (nSPS) is 23.3. The van der Waals surface area contributed by atoms with E-state index in [1.165, 1.54) is 0 Å². The van der Waals surface area contributed by atoms with Crippen LogP contribution < -0.4 is 0 Å². The molecule has 0 unspecified atom stereocenters. The second-order valence-electron chi connectivity index (χ2n) is 6.01. The molecule has 106 valence electrons. The average molecular weight is 265 g/mol. The molecule has 1 aromatic heterocycles. The number of nitrogens with zero attached hydrogens (tertiary/aromatic N) is 2. The van der Waals surface area contributed by atoms with E-state index in [1.807, 2.05) is 6.07 Å². The van der Waals surface area contributed by atoms with Gasteiger partial charge in [0.1, 0.15) is 5.69 Å². The fraction of sp³-hybridized carbons (Fsp3) is 0.714. The van der Waals surface area contributed by atoms with E-state index in [9.17, 15) is 9.90 Å². The van der Waals surface area contributed by atoms with E-state index in [0.29, 0.717) is 30.6 Å². The van der Waals surface area contributed by atoms with Crippen LogP contribution in [0.4, 0.5) is 0 Å². The third-order valence-corrected chi connectivity index (χ3v) is 3.77. The first-order valence-corrected chi connectivity index (χ1v) is 6.95. The highest BCUT2D eigenvalue weighted by atomic mass is 16.3. The van der Waals surface area contributed by atoms with Gasteiger partial charge < -0.3 is 10.0 Å². The van der Waals surface area contributed by atoms with Crippen LogP contribution in [0.3, 0.4) is 0 Å². The van der Waals surface area contributed by atoms with Crippen molar-refractivity contribution in [1.82, 2.24) is 15.1 Å². The first-order valence-electron chi connectivity index (χ1n) is 6.95. The Morgan fingerprint density at radius 1 is 1.58 bits per heavy atom. The molecule has 1 amide bonds.